The van der Waals surface area contributed by atoms with E-state index in [4.69, 9.17) is 0 Å². The Morgan fingerprint density at radius 3 is 2.27 bits per heavy atom. The zero-order chi connectivity index (χ0) is 10.4. The van der Waals surface area contributed by atoms with Crippen LogP contribution in [0.3, 0.4) is 0 Å². The van der Waals surface area contributed by atoms with Crippen molar-refractivity contribution < 1.29 is 9.18 Å². The van der Waals surface area contributed by atoms with Crippen molar-refractivity contribution in [3.8, 4) is 0 Å². The normalized spacial score (nSPS) is 16.3. The molecule has 0 saturated carbocycles. The average molecular weight is 203 g/mol. The summed E-state index contributed by atoms with van der Waals surface area (Å²) in [5.74, 6) is -0.0337. The fourth-order valence-electron chi connectivity index (χ4n) is 2.67. The lowest BCUT2D eigenvalue weighted by molar-refractivity contribution is 0.564. The van der Waals surface area contributed by atoms with Crippen LogP contribution >= 0.6 is 0 Å². The van der Waals surface area contributed by atoms with Crippen molar-refractivity contribution in [1.29, 1.82) is 0 Å². The summed E-state index contributed by atoms with van der Waals surface area (Å²) in [6, 6.07) is 0. The SMILES string of the molecule is O=C=Nc1c2c(c(F)c3c1CC3)CCC2. The Labute approximate surface area is 86.8 Å². The molecular weight excluding hydrogens is 193 g/mol. The number of carbonyl (C=O) groups excluding carboxylic acids is 1. The van der Waals surface area contributed by atoms with Gasteiger partial charge < -0.3 is 0 Å². The number of hydrogen-bond donors (Lipinski definition) is 0. The van der Waals surface area contributed by atoms with E-state index in [-0.39, 0.29) is 5.82 Å². The summed E-state index contributed by atoms with van der Waals surface area (Å²) in [5.41, 5.74) is 4.19. The Bertz CT molecular complexity index is 501. The van der Waals surface area contributed by atoms with Gasteiger partial charge in [0.25, 0.3) is 0 Å². The second-order valence-electron chi connectivity index (χ2n) is 4.13. The van der Waals surface area contributed by atoms with Crippen molar-refractivity contribution in [2.45, 2.75) is 32.1 Å². The number of fused-ring (bicyclic) bond motifs is 2. The second kappa shape index (κ2) is 3.01. The van der Waals surface area contributed by atoms with Crippen LogP contribution in [0.25, 0.3) is 0 Å². The highest BCUT2D eigenvalue weighted by atomic mass is 19.1. The smallest absolute Gasteiger partial charge is 0.211 e. The molecule has 1 aromatic carbocycles. The second-order valence-corrected chi connectivity index (χ2v) is 4.13. The maximum Gasteiger partial charge on any atom is 0.240 e. The molecule has 0 heterocycles. The Morgan fingerprint density at radius 1 is 1.00 bits per heavy atom. The van der Waals surface area contributed by atoms with Gasteiger partial charge in [0.05, 0.1) is 5.69 Å². The molecular formula is C12H10FNO. The monoisotopic (exact) mass is 203 g/mol. The third kappa shape index (κ3) is 1.04. The van der Waals surface area contributed by atoms with Crippen LogP contribution in [0, 0.1) is 5.82 Å². The molecule has 2 nitrogen and oxygen atoms in total. The van der Waals surface area contributed by atoms with Crippen LogP contribution in [0.4, 0.5) is 10.1 Å². The molecule has 0 N–H and O–H groups in total. The van der Waals surface area contributed by atoms with Crippen LogP contribution in [0.2, 0.25) is 0 Å². The topological polar surface area (TPSA) is 29.4 Å². The Hall–Kier alpha value is -1.47. The van der Waals surface area contributed by atoms with Gasteiger partial charge in [-0.05, 0) is 54.4 Å². The fourth-order valence-corrected chi connectivity index (χ4v) is 2.67. The van der Waals surface area contributed by atoms with Gasteiger partial charge in [0.2, 0.25) is 6.08 Å². The van der Waals surface area contributed by atoms with Crippen LogP contribution in [-0.2, 0) is 30.5 Å². The fraction of sp³-hybridized carbons (Fsp3) is 0.417. The lowest BCUT2D eigenvalue weighted by Crippen LogP contribution is -2.14. The highest BCUT2D eigenvalue weighted by Crippen LogP contribution is 2.43. The van der Waals surface area contributed by atoms with E-state index in [2.05, 4.69) is 4.99 Å². The lowest BCUT2D eigenvalue weighted by atomic mass is 9.83. The minimum absolute atomic E-state index is 0.0337. The first-order chi connectivity index (χ1) is 7.33. The van der Waals surface area contributed by atoms with Crippen molar-refractivity contribution in [2.75, 3.05) is 0 Å². The number of isocyanates is 1. The molecule has 15 heavy (non-hydrogen) atoms. The highest BCUT2D eigenvalue weighted by Gasteiger charge is 2.30. The van der Waals surface area contributed by atoms with E-state index in [0.29, 0.717) is 0 Å². The molecule has 0 fully saturated rings. The largest absolute Gasteiger partial charge is 0.240 e. The summed E-state index contributed by atoms with van der Waals surface area (Å²) in [5, 5.41) is 0. The predicted molar refractivity (Wildman–Crippen MR) is 53.6 cm³/mol. The molecule has 3 rings (SSSR count). The minimum Gasteiger partial charge on any atom is -0.211 e. The highest BCUT2D eigenvalue weighted by molar-refractivity contribution is 5.67. The van der Waals surface area contributed by atoms with Crippen molar-refractivity contribution in [2.24, 2.45) is 4.99 Å². The van der Waals surface area contributed by atoms with E-state index in [0.717, 1.165) is 60.0 Å². The Morgan fingerprint density at radius 2 is 1.60 bits per heavy atom. The van der Waals surface area contributed by atoms with Gasteiger partial charge in [0.15, 0.2) is 0 Å². The molecule has 76 valence electrons. The van der Waals surface area contributed by atoms with Crippen LogP contribution in [0.5, 0.6) is 0 Å². The standard InChI is InChI=1S/C12H10FNO/c13-11-7-2-1-3-9(7)12(14-6-15)10-5-4-8(10)11/h1-5H2. The van der Waals surface area contributed by atoms with Crippen LogP contribution in [-0.4, -0.2) is 6.08 Å². The van der Waals surface area contributed by atoms with Gasteiger partial charge in [-0.25, -0.2) is 9.18 Å². The maximum absolute atomic E-state index is 13.9. The molecule has 0 aromatic heterocycles. The number of hydrogen-bond acceptors (Lipinski definition) is 2. The van der Waals surface area contributed by atoms with Gasteiger partial charge in [0, 0.05) is 0 Å². The molecule has 0 bridgehead atoms. The van der Waals surface area contributed by atoms with E-state index >= 15 is 0 Å². The van der Waals surface area contributed by atoms with Crippen LogP contribution in [0.1, 0.15) is 28.7 Å². The summed E-state index contributed by atoms with van der Waals surface area (Å²) >= 11 is 0. The van der Waals surface area contributed by atoms with Gasteiger partial charge in [-0.2, -0.15) is 4.99 Å². The molecule has 0 saturated heterocycles. The van der Waals surface area contributed by atoms with Crippen molar-refractivity contribution in [3.63, 3.8) is 0 Å². The first-order valence-corrected chi connectivity index (χ1v) is 5.25. The summed E-state index contributed by atoms with van der Waals surface area (Å²) in [4.78, 5) is 14.1. The lowest BCUT2D eigenvalue weighted by Gasteiger charge is -2.24. The summed E-state index contributed by atoms with van der Waals surface area (Å²) in [7, 11) is 0. The van der Waals surface area contributed by atoms with Crippen molar-refractivity contribution in [1.82, 2.24) is 0 Å². The number of nitrogens with zero attached hydrogens (tertiary/aromatic N) is 1. The van der Waals surface area contributed by atoms with Crippen LogP contribution < -0.4 is 0 Å². The Kier molecular flexibility index (Phi) is 1.77. The molecule has 0 amide bonds. The number of aliphatic imine (C=N–C) groups is 1. The van der Waals surface area contributed by atoms with E-state index in [9.17, 15) is 9.18 Å². The molecule has 0 radical (unpaired) electrons. The third-order valence-electron chi connectivity index (χ3n) is 3.47. The van der Waals surface area contributed by atoms with Gasteiger partial charge in [-0.3, -0.25) is 0 Å². The van der Waals surface area contributed by atoms with E-state index in [1.807, 2.05) is 0 Å². The van der Waals surface area contributed by atoms with Gasteiger partial charge in [0.1, 0.15) is 5.82 Å². The summed E-state index contributed by atoms with van der Waals surface area (Å²) in [6.07, 6.45) is 5.83. The summed E-state index contributed by atoms with van der Waals surface area (Å²) in [6.45, 7) is 0. The minimum atomic E-state index is -0.0337. The average Bonchev–Trinajstić information content (AvgIpc) is 2.62. The number of rotatable bonds is 1. The first-order valence-electron chi connectivity index (χ1n) is 5.25. The predicted octanol–water partition coefficient (Wildman–Crippen LogP) is 2.38. The van der Waals surface area contributed by atoms with E-state index < -0.39 is 0 Å². The summed E-state index contributed by atoms with van der Waals surface area (Å²) < 4.78 is 13.9. The molecule has 2 aliphatic rings. The van der Waals surface area contributed by atoms with Crippen LogP contribution in [0.15, 0.2) is 4.99 Å². The molecule has 0 aliphatic heterocycles. The van der Waals surface area contributed by atoms with Gasteiger partial charge >= 0.3 is 0 Å². The van der Waals surface area contributed by atoms with Crippen molar-refractivity contribution >= 4 is 11.8 Å². The number of benzene rings is 1. The molecule has 0 unspecified atom stereocenters. The molecule has 0 spiro atoms. The van der Waals surface area contributed by atoms with Gasteiger partial charge in [-0.15, -0.1) is 0 Å². The first kappa shape index (κ1) is 8.81. The Balaban J connectivity index is 2.35. The van der Waals surface area contributed by atoms with Crippen molar-refractivity contribution in [3.05, 3.63) is 28.1 Å². The zero-order valence-electron chi connectivity index (χ0n) is 8.27. The molecule has 1 aromatic rings. The third-order valence-corrected chi connectivity index (χ3v) is 3.47. The van der Waals surface area contributed by atoms with E-state index in [1.54, 1.807) is 6.08 Å². The molecule has 2 aliphatic carbocycles. The van der Waals surface area contributed by atoms with E-state index in [1.165, 1.54) is 0 Å². The number of halogens is 1. The van der Waals surface area contributed by atoms with Gasteiger partial charge in [-0.1, -0.05) is 0 Å². The quantitative estimate of drug-likeness (QED) is 0.509. The molecule has 0 atom stereocenters. The molecule has 3 heteroatoms. The maximum atomic E-state index is 13.9. The zero-order valence-corrected chi connectivity index (χ0v) is 8.27.